The normalized spacial score (nSPS) is 14.1. The van der Waals surface area contributed by atoms with E-state index in [1.165, 1.54) is 12.1 Å². The van der Waals surface area contributed by atoms with Crippen LogP contribution in [0.3, 0.4) is 0 Å². The van der Waals surface area contributed by atoms with Gasteiger partial charge in [-0.15, -0.1) is 23.4 Å². The highest BCUT2D eigenvalue weighted by Gasteiger charge is 2.31. The number of benzene rings is 3. The van der Waals surface area contributed by atoms with E-state index in [0.29, 0.717) is 31.9 Å². The number of carbonyl (C=O) groups excluding carboxylic acids is 1. The number of ether oxygens (including phenoxy) is 1. The number of fused-ring (bicyclic) bond motifs is 1. The standard InChI is InChI=1S/C26H22F3N5O2/c27-26(28,29)36-20-10-8-19(9-11-20)30-25(35)34-16-14-33(15-17-34)24-13-12-23(31-32-24)22-7-3-5-18-4-1-2-6-21(18)22/h1-13H,14-17H2,(H,30,35). The van der Waals surface area contributed by atoms with Crippen molar-refractivity contribution >= 4 is 28.3 Å². The van der Waals surface area contributed by atoms with Gasteiger partial charge in [0.15, 0.2) is 5.82 Å². The van der Waals surface area contributed by atoms with Crippen LogP contribution in [0.5, 0.6) is 5.75 Å². The third kappa shape index (κ3) is 5.32. The fraction of sp³-hybridized carbons (Fsp3) is 0.192. The molecule has 1 aliphatic rings. The number of piperazine rings is 1. The van der Waals surface area contributed by atoms with Gasteiger partial charge in [0.2, 0.25) is 0 Å². The van der Waals surface area contributed by atoms with Gasteiger partial charge in [-0.05, 0) is 47.2 Å². The minimum absolute atomic E-state index is 0.323. The number of nitrogens with one attached hydrogen (secondary N) is 1. The number of aromatic nitrogens is 2. The number of hydrogen-bond donors (Lipinski definition) is 1. The molecule has 0 spiro atoms. The van der Waals surface area contributed by atoms with Crippen molar-refractivity contribution in [2.24, 2.45) is 0 Å². The number of anilines is 2. The van der Waals surface area contributed by atoms with Crippen molar-refractivity contribution < 1.29 is 22.7 Å². The molecule has 4 aromatic rings. The monoisotopic (exact) mass is 493 g/mol. The first-order valence-corrected chi connectivity index (χ1v) is 11.3. The fourth-order valence-corrected chi connectivity index (χ4v) is 4.17. The lowest BCUT2D eigenvalue weighted by Crippen LogP contribution is -2.50. The zero-order valence-electron chi connectivity index (χ0n) is 19.1. The molecule has 0 saturated carbocycles. The van der Waals surface area contributed by atoms with Crippen LogP contribution in [0.15, 0.2) is 78.9 Å². The predicted octanol–water partition coefficient (Wildman–Crippen LogP) is 5.55. The number of halogens is 3. The average Bonchev–Trinajstić information content (AvgIpc) is 2.89. The van der Waals surface area contributed by atoms with E-state index in [4.69, 9.17) is 0 Å². The summed E-state index contributed by atoms with van der Waals surface area (Å²) in [4.78, 5) is 16.3. The van der Waals surface area contributed by atoms with E-state index in [2.05, 4.69) is 43.4 Å². The van der Waals surface area contributed by atoms with Gasteiger partial charge in [-0.2, -0.15) is 0 Å². The molecule has 1 N–H and O–H groups in total. The van der Waals surface area contributed by atoms with Crippen LogP contribution in [0, 0.1) is 0 Å². The lowest BCUT2D eigenvalue weighted by Gasteiger charge is -2.35. The first kappa shape index (κ1) is 23.4. The Balaban J connectivity index is 1.17. The van der Waals surface area contributed by atoms with Crippen molar-refractivity contribution in [3.8, 4) is 17.0 Å². The summed E-state index contributed by atoms with van der Waals surface area (Å²) in [7, 11) is 0. The number of nitrogens with zero attached hydrogens (tertiary/aromatic N) is 4. The smallest absolute Gasteiger partial charge is 0.406 e. The first-order chi connectivity index (χ1) is 17.4. The Morgan fingerprint density at radius 1 is 0.833 bits per heavy atom. The van der Waals surface area contributed by atoms with Crippen LogP contribution in [0.1, 0.15) is 0 Å². The van der Waals surface area contributed by atoms with Crippen molar-refractivity contribution in [2.75, 3.05) is 36.4 Å². The highest BCUT2D eigenvalue weighted by molar-refractivity contribution is 5.95. The first-order valence-electron chi connectivity index (χ1n) is 11.3. The molecule has 184 valence electrons. The van der Waals surface area contributed by atoms with E-state index < -0.39 is 6.36 Å². The van der Waals surface area contributed by atoms with Gasteiger partial charge in [0.05, 0.1) is 5.69 Å². The summed E-state index contributed by atoms with van der Waals surface area (Å²) in [6, 6.07) is 22.8. The molecule has 10 heteroatoms. The highest BCUT2D eigenvalue weighted by atomic mass is 19.4. The summed E-state index contributed by atoms with van der Waals surface area (Å²) in [5.74, 6) is 0.390. The van der Waals surface area contributed by atoms with Crippen molar-refractivity contribution in [2.45, 2.75) is 6.36 Å². The summed E-state index contributed by atoms with van der Waals surface area (Å²) in [5.41, 5.74) is 2.19. The lowest BCUT2D eigenvalue weighted by molar-refractivity contribution is -0.274. The molecule has 2 amide bonds. The zero-order chi connectivity index (χ0) is 25.1. The maximum absolute atomic E-state index is 12.6. The number of alkyl halides is 3. The molecule has 1 saturated heterocycles. The second-order valence-electron chi connectivity index (χ2n) is 8.28. The Bertz CT molecular complexity index is 1350. The molecule has 0 aliphatic carbocycles. The summed E-state index contributed by atoms with van der Waals surface area (Å²) < 4.78 is 40.7. The van der Waals surface area contributed by atoms with E-state index in [1.807, 2.05) is 36.4 Å². The minimum atomic E-state index is -4.76. The zero-order valence-corrected chi connectivity index (χ0v) is 19.1. The number of amides is 2. The van der Waals surface area contributed by atoms with Crippen molar-refractivity contribution in [1.29, 1.82) is 0 Å². The molecule has 1 aromatic heterocycles. The number of carbonyl (C=O) groups is 1. The van der Waals surface area contributed by atoms with Crippen LogP contribution < -0.4 is 15.0 Å². The molecule has 2 heterocycles. The molecule has 3 aromatic carbocycles. The molecule has 0 bridgehead atoms. The second-order valence-corrected chi connectivity index (χ2v) is 8.28. The third-order valence-electron chi connectivity index (χ3n) is 5.95. The van der Waals surface area contributed by atoms with Gasteiger partial charge in [-0.25, -0.2) is 4.79 Å². The van der Waals surface area contributed by atoms with Gasteiger partial charge in [0, 0.05) is 37.4 Å². The lowest BCUT2D eigenvalue weighted by atomic mass is 10.0. The molecule has 36 heavy (non-hydrogen) atoms. The Morgan fingerprint density at radius 2 is 1.56 bits per heavy atom. The minimum Gasteiger partial charge on any atom is -0.406 e. The molecule has 1 fully saturated rings. The molecule has 0 radical (unpaired) electrons. The Kier molecular flexibility index (Phi) is 6.32. The summed E-state index contributed by atoms with van der Waals surface area (Å²) >= 11 is 0. The average molecular weight is 493 g/mol. The second kappa shape index (κ2) is 9.73. The predicted molar refractivity (Wildman–Crippen MR) is 131 cm³/mol. The van der Waals surface area contributed by atoms with E-state index in [1.54, 1.807) is 4.90 Å². The van der Waals surface area contributed by atoms with Crippen molar-refractivity contribution in [1.82, 2.24) is 15.1 Å². The number of urea groups is 1. The molecule has 0 atom stereocenters. The highest BCUT2D eigenvalue weighted by Crippen LogP contribution is 2.28. The summed E-state index contributed by atoms with van der Waals surface area (Å²) in [6.45, 7) is 2.09. The third-order valence-corrected chi connectivity index (χ3v) is 5.95. The largest absolute Gasteiger partial charge is 0.573 e. The molecule has 1 aliphatic heterocycles. The summed E-state index contributed by atoms with van der Waals surface area (Å²) in [5, 5.41) is 13.8. The van der Waals surface area contributed by atoms with Gasteiger partial charge in [-0.3, -0.25) is 0 Å². The van der Waals surface area contributed by atoms with Crippen LogP contribution >= 0.6 is 0 Å². The van der Waals surface area contributed by atoms with Crippen LogP contribution in [0.25, 0.3) is 22.0 Å². The van der Waals surface area contributed by atoms with Crippen LogP contribution in [0.4, 0.5) is 29.5 Å². The van der Waals surface area contributed by atoms with E-state index in [0.717, 1.165) is 40.0 Å². The van der Waals surface area contributed by atoms with Gasteiger partial charge >= 0.3 is 12.4 Å². The molecule has 0 unspecified atom stereocenters. The molecule has 5 rings (SSSR count). The van der Waals surface area contributed by atoms with Crippen molar-refractivity contribution in [3.05, 3.63) is 78.9 Å². The van der Waals surface area contributed by atoms with E-state index in [9.17, 15) is 18.0 Å². The Hall–Kier alpha value is -4.34. The van der Waals surface area contributed by atoms with Gasteiger partial charge in [-0.1, -0.05) is 42.5 Å². The Labute approximate surface area is 205 Å². The molecule has 7 nitrogen and oxygen atoms in total. The van der Waals surface area contributed by atoms with Gasteiger partial charge in [0.25, 0.3) is 0 Å². The van der Waals surface area contributed by atoms with Crippen LogP contribution in [-0.2, 0) is 0 Å². The fourth-order valence-electron chi connectivity index (χ4n) is 4.17. The number of rotatable bonds is 4. The Morgan fingerprint density at radius 3 is 2.25 bits per heavy atom. The topological polar surface area (TPSA) is 70.6 Å². The van der Waals surface area contributed by atoms with Gasteiger partial charge < -0.3 is 19.9 Å². The summed E-state index contributed by atoms with van der Waals surface area (Å²) in [6.07, 6.45) is -4.76. The van der Waals surface area contributed by atoms with Gasteiger partial charge in [0.1, 0.15) is 5.75 Å². The van der Waals surface area contributed by atoms with Crippen molar-refractivity contribution in [3.63, 3.8) is 0 Å². The quantitative estimate of drug-likeness (QED) is 0.404. The molecular weight excluding hydrogens is 471 g/mol. The van der Waals surface area contributed by atoms with Crippen LogP contribution in [-0.4, -0.2) is 53.7 Å². The molecular formula is C26H22F3N5O2. The SMILES string of the molecule is O=C(Nc1ccc(OC(F)(F)F)cc1)N1CCN(c2ccc(-c3cccc4ccccc34)nn2)CC1. The maximum Gasteiger partial charge on any atom is 0.573 e. The van der Waals surface area contributed by atoms with E-state index in [-0.39, 0.29) is 11.8 Å². The maximum atomic E-state index is 12.6. The van der Waals surface area contributed by atoms with E-state index >= 15 is 0 Å². The number of hydrogen-bond acceptors (Lipinski definition) is 5. The van der Waals surface area contributed by atoms with Crippen LogP contribution in [0.2, 0.25) is 0 Å².